The van der Waals surface area contributed by atoms with Gasteiger partial charge in [-0.1, -0.05) is 60.5 Å². The molecule has 2 aromatic rings. The first-order valence-electron chi connectivity index (χ1n) is 8.43. The molecule has 0 saturated carbocycles. The minimum absolute atomic E-state index is 0.0839. The van der Waals surface area contributed by atoms with Gasteiger partial charge in [-0.2, -0.15) is 0 Å². The van der Waals surface area contributed by atoms with Crippen molar-refractivity contribution >= 4 is 44.8 Å². The minimum atomic E-state index is -3.73. The lowest BCUT2D eigenvalue weighted by Gasteiger charge is -2.24. The molecule has 0 heterocycles. The lowest BCUT2D eigenvalue weighted by Crippen LogP contribution is -2.41. The first kappa shape index (κ1) is 21.5. The zero-order valence-corrected chi connectivity index (χ0v) is 17.7. The van der Waals surface area contributed by atoms with Crippen molar-refractivity contribution in [2.24, 2.45) is 0 Å². The van der Waals surface area contributed by atoms with Gasteiger partial charge < -0.3 is 5.32 Å². The van der Waals surface area contributed by atoms with Crippen molar-refractivity contribution in [1.29, 1.82) is 0 Å². The maximum absolute atomic E-state index is 12.5. The monoisotopic (exact) mass is 428 g/mol. The van der Waals surface area contributed by atoms with Crippen LogP contribution >= 0.6 is 23.2 Å². The van der Waals surface area contributed by atoms with E-state index < -0.39 is 22.5 Å². The van der Waals surface area contributed by atoms with Gasteiger partial charge in [0.25, 0.3) is 0 Å². The van der Waals surface area contributed by atoms with Gasteiger partial charge in [0, 0.05) is 0 Å². The van der Waals surface area contributed by atoms with E-state index in [0.29, 0.717) is 0 Å². The number of aryl methyl sites for hydroxylation is 1. The number of carbonyl (C=O) groups excluding carboxylic acids is 1. The number of nitrogens with zero attached hydrogens (tertiary/aromatic N) is 1. The Labute approximate surface area is 170 Å². The molecule has 27 heavy (non-hydrogen) atoms. The molecule has 0 saturated heterocycles. The van der Waals surface area contributed by atoms with Crippen molar-refractivity contribution in [2.45, 2.75) is 26.3 Å². The fourth-order valence-electron chi connectivity index (χ4n) is 2.61. The highest BCUT2D eigenvalue weighted by atomic mass is 35.5. The molecule has 2 rings (SSSR count). The van der Waals surface area contributed by atoms with Crippen molar-refractivity contribution in [3.8, 4) is 0 Å². The van der Waals surface area contributed by atoms with Gasteiger partial charge in [0.05, 0.1) is 28.0 Å². The van der Waals surface area contributed by atoms with Crippen LogP contribution in [0.2, 0.25) is 10.0 Å². The number of benzene rings is 2. The highest BCUT2D eigenvalue weighted by Gasteiger charge is 2.24. The first-order chi connectivity index (χ1) is 12.6. The van der Waals surface area contributed by atoms with Crippen molar-refractivity contribution in [3.63, 3.8) is 0 Å². The summed E-state index contributed by atoms with van der Waals surface area (Å²) in [5.41, 5.74) is 2.31. The number of carbonyl (C=O) groups is 1. The van der Waals surface area contributed by atoms with E-state index in [1.54, 1.807) is 12.1 Å². The van der Waals surface area contributed by atoms with Gasteiger partial charge >= 0.3 is 0 Å². The molecular formula is C19H22Cl2N2O3S. The number of hydrogen-bond donors (Lipinski definition) is 1. The van der Waals surface area contributed by atoms with E-state index in [9.17, 15) is 13.2 Å². The largest absolute Gasteiger partial charge is 0.348 e. The van der Waals surface area contributed by atoms with Crippen LogP contribution < -0.4 is 9.62 Å². The van der Waals surface area contributed by atoms with Gasteiger partial charge in [-0.3, -0.25) is 9.10 Å². The molecule has 0 radical (unpaired) electrons. The van der Waals surface area contributed by atoms with Gasteiger partial charge in [0.1, 0.15) is 6.54 Å². The van der Waals surface area contributed by atoms with Gasteiger partial charge in [0.2, 0.25) is 15.9 Å². The summed E-state index contributed by atoms with van der Waals surface area (Å²) in [5, 5.41) is 3.12. The van der Waals surface area contributed by atoms with Crippen LogP contribution in [0.5, 0.6) is 0 Å². The maximum atomic E-state index is 12.5. The minimum Gasteiger partial charge on any atom is -0.348 e. The average Bonchev–Trinajstić information content (AvgIpc) is 2.61. The summed E-state index contributed by atoms with van der Waals surface area (Å²) in [4.78, 5) is 12.5. The molecule has 1 atom stereocenters. The Hall–Kier alpha value is -1.76. The molecule has 146 valence electrons. The van der Waals surface area contributed by atoms with Crippen LogP contribution in [0.4, 0.5) is 5.69 Å². The van der Waals surface area contributed by atoms with Crippen LogP contribution in [0.25, 0.3) is 0 Å². The van der Waals surface area contributed by atoms with E-state index in [2.05, 4.69) is 12.2 Å². The van der Waals surface area contributed by atoms with Crippen molar-refractivity contribution < 1.29 is 13.2 Å². The Balaban J connectivity index is 2.17. The molecule has 1 amide bonds. The smallest absolute Gasteiger partial charge is 0.241 e. The molecule has 0 aliphatic rings. The van der Waals surface area contributed by atoms with E-state index in [1.165, 1.54) is 11.6 Å². The van der Waals surface area contributed by atoms with Gasteiger partial charge in [-0.05, 0) is 36.6 Å². The van der Waals surface area contributed by atoms with Crippen LogP contribution in [-0.4, -0.2) is 27.1 Å². The van der Waals surface area contributed by atoms with Gasteiger partial charge in [0.15, 0.2) is 0 Å². The highest BCUT2D eigenvalue weighted by molar-refractivity contribution is 7.92. The molecule has 0 bridgehead atoms. The van der Waals surface area contributed by atoms with E-state index in [0.717, 1.165) is 22.5 Å². The third kappa shape index (κ3) is 5.61. The fourth-order valence-corrected chi connectivity index (χ4v) is 3.92. The average molecular weight is 429 g/mol. The molecule has 1 N–H and O–H groups in total. The van der Waals surface area contributed by atoms with Gasteiger partial charge in [-0.15, -0.1) is 0 Å². The normalized spacial score (nSPS) is 12.5. The highest BCUT2D eigenvalue weighted by Crippen LogP contribution is 2.33. The summed E-state index contributed by atoms with van der Waals surface area (Å²) in [5.74, 6) is -0.441. The molecule has 0 aromatic heterocycles. The fraction of sp³-hybridized carbons (Fsp3) is 0.316. The summed E-state index contributed by atoms with van der Waals surface area (Å²) in [7, 11) is -3.73. The topological polar surface area (TPSA) is 66.5 Å². The van der Waals surface area contributed by atoms with Crippen molar-refractivity contribution in [3.05, 3.63) is 63.6 Å². The molecule has 5 nitrogen and oxygen atoms in total. The van der Waals surface area contributed by atoms with Crippen molar-refractivity contribution in [2.75, 3.05) is 17.1 Å². The predicted octanol–water partition coefficient (Wildman–Crippen LogP) is 4.20. The number of hydrogen-bond acceptors (Lipinski definition) is 3. The Kier molecular flexibility index (Phi) is 7.14. The number of halogens is 2. The summed E-state index contributed by atoms with van der Waals surface area (Å²) >= 11 is 12.1. The van der Waals surface area contributed by atoms with E-state index in [-0.39, 0.29) is 21.8 Å². The molecule has 0 aliphatic heterocycles. The number of anilines is 1. The molecule has 0 spiro atoms. The molecule has 0 aliphatic carbocycles. The lowest BCUT2D eigenvalue weighted by atomic mass is 10.1. The van der Waals surface area contributed by atoms with Crippen molar-refractivity contribution in [1.82, 2.24) is 5.32 Å². The zero-order valence-electron chi connectivity index (χ0n) is 15.4. The standard InChI is InChI=1S/C19H22Cl2N2O3S/c1-4-14-8-10-15(11-9-14)13(2)22-18(24)12-23(27(3,25)26)17-7-5-6-16(20)19(17)21/h5-11,13H,4,12H2,1-3H3,(H,22,24)/t13-/m1/s1. The maximum Gasteiger partial charge on any atom is 0.241 e. The van der Waals surface area contributed by atoms with Crippen LogP contribution in [0.15, 0.2) is 42.5 Å². The van der Waals surface area contributed by atoms with E-state index in [4.69, 9.17) is 23.2 Å². The predicted molar refractivity (Wildman–Crippen MR) is 111 cm³/mol. The molecule has 0 unspecified atom stereocenters. The van der Waals surface area contributed by atoms with Crippen LogP contribution in [0, 0.1) is 0 Å². The van der Waals surface area contributed by atoms with Crippen LogP contribution in [0.3, 0.4) is 0 Å². The lowest BCUT2D eigenvalue weighted by molar-refractivity contribution is -0.120. The second kappa shape index (κ2) is 8.95. The first-order valence-corrected chi connectivity index (χ1v) is 11.0. The Morgan fingerprint density at radius 3 is 2.33 bits per heavy atom. The van der Waals surface area contributed by atoms with Gasteiger partial charge in [-0.25, -0.2) is 8.42 Å². The van der Waals surface area contributed by atoms with E-state index >= 15 is 0 Å². The summed E-state index contributed by atoms with van der Waals surface area (Å²) in [6, 6.07) is 12.3. The summed E-state index contributed by atoms with van der Waals surface area (Å²) < 4.78 is 25.4. The molecule has 0 fully saturated rings. The Bertz CT molecular complexity index is 915. The Morgan fingerprint density at radius 1 is 1.15 bits per heavy atom. The van der Waals surface area contributed by atoms with Crippen LogP contribution in [-0.2, 0) is 21.2 Å². The third-order valence-electron chi connectivity index (χ3n) is 4.15. The Morgan fingerprint density at radius 2 is 1.78 bits per heavy atom. The van der Waals surface area contributed by atoms with Crippen LogP contribution in [0.1, 0.15) is 31.0 Å². The summed E-state index contributed by atoms with van der Waals surface area (Å²) in [6.45, 7) is 3.52. The number of amides is 1. The number of sulfonamides is 1. The molecule has 8 heteroatoms. The molecular weight excluding hydrogens is 407 g/mol. The second-order valence-corrected chi connectivity index (χ2v) is 8.92. The zero-order chi connectivity index (χ0) is 20.2. The summed E-state index contributed by atoms with van der Waals surface area (Å²) in [6.07, 6.45) is 1.95. The second-order valence-electron chi connectivity index (χ2n) is 6.23. The SMILES string of the molecule is CCc1ccc([C@@H](C)NC(=O)CN(c2cccc(Cl)c2Cl)S(C)(=O)=O)cc1. The van der Waals surface area contributed by atoms with E-state index in [1.807, 2.05) is 31.2 Å². The number of nitrogens with one attached hydrogen (secondary N) is 1. The third-order valence-corrected chi connectivity index (χ3v) is 6.09. The number of rotatable bonds is 7. The quantitative estimate of drug-likeness (QED) is 0.718. The molecule has 2 aromatic carbocycles.